The summed E-state index contributed by atoms with van der Waals surface area (Å²) in [6, 6.07) is 18.5. The Bertz CT molecular complexity index is 601. The number of nitrogens with zero attached hydrogens (tertiary/aromatic N) is 1. The molecule has 0 saturated heterocycles. The predicted octanol–water partition coefficient (Wildman–Crippen LogP) is 4.02. The van der Waals surface area contributed by atoms with E-state index in [2.05, 4.69) is 0 Å². The fourth-order valence-corrected chi connectivity index (χ4v) is 1.69. The van der Waals surface area contributed by atoms with Crippen LogP contribution < -0.4 is 0 Å². The van der Waals surface area contributed by atoms with Crippen LogP contribution in [0.15, 0.2) is 72.8 Å². The zero-order valence-electron chi connectivity index (χ0n) is 10.3. The molecule has 0 saturated carbocycles. The first kappa shape index (κ1) is 12.8. The van der Waals surface area contributed by atoms with E-state index in [1.807, 2.05) is 42.5 Å². The number of allylic oxidation sites excluding steroid dienone is 2. The molecule has 0 amide bonds. The van der Waals surface area contributed by atoms with Crippen molar-refractivity contribution in [1.82, 2.24) is 0 Å². The van der Waals surface area contributed by atoms with E-state index in [1.165, 1.54) is 6.08 Å². The molecule has 0 aliphatic heterocycles. The van der Waals surface area contributed by atoms with Gasteiger partial charge in [0.15, 0.2) is 0 Å². The van der Waals surface area contributed by atoms with E-state index in [-0.39, 0.29) is 10.6 Å². The second-order valence-electron chi connectivity index (χ2n) is 3.94. The van der Waals surface area contributed by atoms with Crippen molar-refractivity contribution in [3.63, 3.8) is 0 Å². The van der Waals surface area contributed by atoms with E-state index >= 15 is 0 Å². The highest BCUT2D eigenvalue weighted by Crippen LogP contribution is 2.15. The monoisotopic (exact) mass is 251 g/mol. The third-order valence-electron chi connectivity index (χ3n) is 2.61. The minimum atomic E-state index is -0.370. The fourth-order valence-electron chi connectivity index (χ4n) is 1.69. The average molecular weight is 251 g/mol. The average Bonchev–Trinajstić information content (AvgIpc) is 2.45. The van der Waals surface area contributed by atoms with E-state index < -0.39 is 0 Å². The lowest BCUT2D eigenvalue weighted by molar-refractivity contribution is -0.375. The van der Waals surface area contributed by atoms with Gasteiger partial charge < -0.3 is 0 Å². The van der Waals surface area contributed by atoms with Crippen molar-refractivity contribution in [2.75, 3.05) is 0 Å². The lowest BCUT2D eigenvalue weighted by Crippen LogP contribution is -1.96. The summed E-state index contributed by atoms with van der Waals surface area (Å²) in [5, 5.41) is 11.0. The summed E-state index contributed by atoms with van der Waals surface area (Å²) in [4.78, 5) is 10.7. The summed E-state index contributed by atoms with van der Waals surface area (Å²) < 4.78 is 0. The Labute approximate surface area is 111 Å². The highest BCUT2D eigenvalue weighted by Gasteiger charge is 2.11. The molecule has 2 aromatic rings. The molecule has 0 heterocycles. The zero-order chi connectivity index (χ0) is 13.5. The maximum Gasteiger partial charge on any atom is 0.276 e. The SMILES string of the molecule is O=[N+]([O-])/C(=C\C=C/c1ccccc1)c1ccccc1. The van der Waals surface area contributed by atoms with Crippen molar-refractivity contribution in [3.05, 3.63) is 94.1 Å². The van der Waals surface area contributed by atoms with E-state index in [9.17, 15) is 10.1 Å². The van der Waals surface area contributed by atoms with Crippen LogP contribution in [0, 0.1) is 10.1 Å². The Hall–Kier alpha value is -2.68. The predicted molar refractivity (Wildman–Crippen MR) is 76.9 cm³/mol. The maximum atomic E-state index is 11.0. The molecule has 0 aromatic heterocycles. The second kappa shape index (κ2) is 6.31. The van der Waals surface area contributed by atoms with Gasteiger partial charge in [-0.05, 0) is 17.7 Å². The van der Waals surface area contributed by atoms with Crippen molar-refractivity contribution >= 4 is 11.8 Å². The van der Waals surface area contributed by atoms with E-state index in [4.69, 9.17) is 0 Å². The first-order valence-corrected chi connectivity index (χ1v) is 5.90. The third kappa shape index (κ3) is 3.64. The molecule has 19 heavy (non-hydrogen) atoms. The molecule has 0 unspecified atom stereocenters. The van der Waals surface area contributed by atoms with Crippen LogP contribution in [0.2, 0.25) is 0 Å². The van der Waals surface area contributed by atoms with Gasteiger partial charge in [0, 0.05) is 6.08 Å². The molecule has 3 nitrogen and oxygen atoms in total. The quantitative estimate of drug-likeness (QED) is 0.468. The van der Waals surface area contributed by atoms with Gasteiger partial charge >= 0.3 is 0 Å². The van der Waals surface area contributed by atoms with Gasteiger partial charge in [-0.3, -0.25) is 10.1 Å². The van der Waals surface area contributed by atoms with Gasteiger partial charge in [-0.1, -0.05) is 60.7 Å². The zero-order valence-corrected chi connectivity index (χ0v) is 10.3. The topological polar surface area (TPSA) is 43.1 Å². The molecule has 0 aliphatic carbocycles. The van der Waals surface area contributed by atoms with Gasteiger partial charge in [0.2, 0.25) is 0 Å². The molecule has 0 bridgehead atoms. The number of hydrogen-bond donors (Lipinski definition) is 0. The summed E-state index contributed by atoms with van der Waals surface area (Å²) in [6.45, 7) is 0. The Morgan fingerprint density at radius 1 is 0.947 bits per heavy atom. The normalized spacial score (nSPS) is 11.7. The minimum absolute atomic E-state index is 0.0905. The third-order valence-corrected chi connectivity index (χ3v) is 2.61. The first-order valence-electron chi connectivity index (χ1n) is 5.90. The second-order valence-corrected chi connectivity index (χ2v) is 3.94. The van der Waals surface area contributed by atoms with Crippen LogP contribution in [0.25, 0.3) is 11.8 Å². The summed E-state index contributed by atoms with van der Waals surface area (Å²) in [7, 11) is 0. The van der Waals surface area contributed by atoms with Gasteiger partial charge in [0.1, 0.15) is 0 Å². The Morgan fingerprint density at radius 3 is 2.11 bits per heavy atom. The summed E-state index contributed by atoms with van der Waals surface area (Å²) in [5.74, 6) is 0. The number of nitro groups is 1. The van der Waals surface area contributed by atoms with Gasteiger partial charge in [-0.15, -0.1) is 0 Å². The largest absolute Gasteiger partial charge is 0.276 e. The number of hydrogen-bond acceptors (Lipinski definition) is 2. The fraction of sp³-hybridized carbons (Fsp3) is 0. The molecular formula is C16H13NO2. The molecular weight excluding hydrogens is 238 g/mol. The molecule has 0 aliphatic rings. The molecule has 94 valence electrons. The van der Waals surface area contributed by atoms with Crippen molar-refractivity contribution in [2.24, 2.45) is 0 Å². The summed E-state index contributed by atoms with van der Waals surface area (Å²) in [5.41, 5.74) is 1.70. The Balaban J connectivity index is 2.24. The maximum absolute atomic E-state index is 11.0. The van der Waals surface area contributed by atoms with Crippen LogP contribution >= 0.6 is 0 Å². The molecule has 0 radical (unpaired) electrons. The van der Waals surface area contributed by atoms with Crippen LogP contribution in [0.3, 0.4) is 0 Å². The summed E-state index contributed by atoms with van der Waals surface area (Å²) in [6.07, 6.45) is 5.05. The molecule has 0 atom stereocenters. The van der Waals surface area contributed by atoms with Gasteiger partial charge in [0.05, 0.1) is 10.5 Å². The minimum Gasteiger partial charge on any atom is -0.258 e. The molecule has 3 heteroatoms. The van der Waals surface area contributed by atoms with Crippen molar-refractivity contribution in [3.8, 4) is 0 Å². The van der Waals surface area contributed by atoms with Crippen molar-refractivity contribution in [1.29, 1.82) is 0 Å². The van der Waals surface area contributed by atoms with Crippen molar-refractivity contribution in [2.45, 2.75) is 0 Å². The molecule has 0 N–H and O–H groups in total. The van der Waals surface area contributed by atoms with Crippen LogP contribution in [0.1, 0.15) is 11.1 Å². The lowest BCUT2D eigenvalue weighted by atomic mass is 10.1. The molecule has 0 fully saturated rings. The summed E-state index contributed by atoms with van der Waals surface area (Å²) >= 11 is 0. The highest BCUT2D eigenvalue weighted by atomic mass is 16.6. The Morgan fingerprint density at radius 2 is 1.53 bits per heavy atom. The van der Waals surface area contributed by atoms with E-state index in [0.717, 1.165) is 5.56 Å². The highest BCUT2D eigenvalue weighted by molar-refractivity contribution is 5.62. The van der Waals surface area contributed by atoms with E-state index in [1.54, 1.807) is 30.3 Å². The number of rotatable bonds is 4. The van der Waals surface area contributed by atoms with Gasteiger partial charge in [0.25, 0.3) is 5.70 Å². The smallest absolute Gasteiger partial charge is 0.258 e. The van der Waals surface area contributed by atoms with Crippen LogP contribution in [-0.2, 0) is 0 Å². The van der Waals surface area contributed by atoms with Crippen LogP contribution in [0.4, 0.5) is 0 Å². The molecule has 0 spiro atoms. The Kier molecular flexibility index (Phi) is 4.24. The lowest BCUT2D eigenvalue weighted by Gasteiger charge is -1.96. The molecule has 2 aromatic carbocycles. The molecule has 2 rings (SSSR count). The van der Waals surface area contributed by atoms with Crippen LogP contribution in [-0.4, -0.2) is 4.92 Å². The standard InChI is InChI=1S/C16H13NO2/c18-17(19)16(15-11-5-2-6-12-15)13-7-10-14-8-3-1-4-9-14/h1-13H/b10-7-,16-13-. The number of benzene rings is 2. The first-order chi connectivity index (χ1) is 9.27. The van der Waals surface area contributed by atoms with Crippen molar-refractivity contribution < 1.29 is 4.92 Å². The van der Waals surface area contributed by atoms with Crippen LogP contribution in [0.5, 0.6) is 0 Å². The van der Waals surface area contributed by atoms with Gasteiger partial charge in [-0.25, -0.2) is 0 Å². The van der Waals surface area contributed by atoms with E-state index in [0.29, 0.717) is 5.56 Å². The van der Waals surface area contributed by atoms with Gasteiger partial charge in [-0.2, -0.15) is 0 Å².